The lowest BCUT2D eigenvalue weighted by atomic mass is 10.3. The molecule has 0 saturated heterocycles. The Morgan fingerprint density at radius 3 is 2.78 bits per heavy atom. The minimum atomic E-state index is 0.235. The molecule has 0 aromatic carbocycles. The van der Waals surface area contributed by atoms with Crippen molar-refractivity contribution >= 4 is 11.8 Å². The number of nitrogens with zero attached hydrogens (tertiary/aromatic N) is 2. The Morgan fingerprint density at radius 1 is 1.33 bits per heavy atom. The molecule has 102 valence electrons. The third-order valence-corrected chi connectivity index (χ3v) is 2.35. The van der Waals surface area contributed by atoms with Gasteiger partial charge in [0, 0.05) is 31.0 Å². The van der Waals surface area contributed by atoms with E-state index in [1.165, 1.54) is 0 Å². The maximum Gasteiger partial charge on any atom is 0.224 e. The van der Waals surface area contributed by atoms with Gasteiger partial charge >= 0.3 is 0 Å². The van der Waals surface area contributed by atoms with Gasteiger partial charge in [-0.3, -0.25) is 0 Å². The van der Waals surface area contributed by atoms with E-state index in [-0.39, 0.29) is 6.04 Å². The molecule has 0 amide bonds. The molecule has 1 aromatic rings. The fourth-order valence-electron chi connectivity index (χ4n) is 1.55. The van der Waals surface area contributed by atoms with Crippen LogP contribution in [-0.4, -0.2) is 35.8 Å². The fraction of sp³-hybridized carbons (Fsp3) is 0.692. The summed E-state index contributed by atoms with van der Waals surface area (Å²) in [6, 6.07) is 2.18. The van der Waals surface area contributed by atoms with Gasteiger partial charge in [0.2, 0.25) is 5.95 Å². The van der Waals surface area contributed by atoms with Gasteiger partial charge in [-0.15, -0.1) is 0 Å². The van der Waals surface area contributed by atoms with E-state index < -0.39 is 0 Å². The monoisotopic (exact) mass is 252 g/mol. The molecule has 0 aliphatic heterocycles. The topological polar surface area (TPSA) is 59.1 Å². The molecule has 0 saturated carbocycles. The van der Waals surface area contributed by atoms with Crippen LogP contribution in [-0.2, 0) is 4.74 Å². The van der Waals surface area contributed by atoms with E-state index in [4.69, 9.17) is 4.74 Å². The summed E-state index contributed by atoms with van der Waals surface area (Å²) in [7, 11) is 0. The molecule has 0 radical (unpaired) electrons. The summed E-state index contributed by atoms with van der Waals surface area (Å²) in [6.07, 6.45) is 1.06. The highest BCUT2D eigenvalue weighted by molar-refractivity contribution is 5.42. The highest BCUT2D eigenvalue weighted by Crippen LogP contribution is 2.10. The molecule has 5 nitrogen and oxygen atoms in total. The van der Waals surface area contributed by atoms with E-state index in [0.717, 1.165) is 31.1 Å². The second-order valence-corrected chi connectivity index (χ2v) is 4.35. The Balaban J connectivity index is 2.61. The van der Waals surface area contributed by atoms with E-state index in [2.05, 4.69) is 34.4 Å². The Labute approximate surface area is 109 Å². The van der Waals surface area contributed by atoms with Crippen LogP contribution in [0.5, 0.6) is 0 Å². The van der Waals surface area contributed by atoms with Crippen LogP contribution in [0.2, 0.25) is 0 Å². The van der Waals surface area contributed by atoms with Gasteiger partial charge in [0.15, 0.2) is 0 Å². The second-order valence-electron chi connectivity index (χ2n) is 4.35. The number of aromatic nitrogens is 2. The summed E-state index contributed by atoms with van der Waals surface area (Å²) in [4.78, 5) is 8.78. The lowest BCUT2D eigenvalue weighted by molar-refractivity contribution is 0.141. The molecule has 0 aliphatic rings. The van der Waals surface area contributed by atoms with Crippen LogP contribution in [0.25, 0.3) is 0 Å². The van der Waals surface area contributed by atoms with Crippen LogP contribution in [0.4, 0.5) is 11.8 Å². The van der Waals surface area contributed by atoms with E-state index in [1.54, 1.807) is 0 Å². The first-order chi connectivity index (χ1) is 8.65. The molecule has 1 unspecified atom stereocenters. The van der Waals surface area contributed by atoms with E-state index >= 15 is 0 Å². The summed E-state index contributed by atoms with van der Waals surface area (Å²) >= 11 is 0. The summed E-state index contributed by atoms with van der Waals surface area (Å²) in [5.74, 6) is 1.52. The quantitative estimate of drug-likeness (QED) is 0.744. The molecule has 0 fully saturated rings. The summed E-state index contributed by atoms with van der Waals surface area (Å²) in [5, 5.41) is 6.52. The maximum atomic E-state index is 5.37. The van der Waals surface area contributed by atoms with E-state index in [1.807, 2.05) is 19.9 Å². The Kier molecular flexibility index (Phi) is 6.43. The zero-order valence-electron chi connectivity index (χ0n) is 11.8. The third kappa shape index (κ3) is 5.31. The molecule has 2 N–H and O–H groups in total. The first-order valence-electron chi connectivity index (χ1n) is 6.59. The zero-order chi connectivity index (χ0) is 13.4. The molecule has 0 bridgehead atoms. The van der Waals surface area contributed by atoms with Crippen molar-refractivity contribution in [3.8, 4) is 0 Å². The lowest BCUT2D eigenvalue weighted by Crippen LogP contribution is -2.22. The molecular weight excluding hydrogens is 228 g/mol. The van der Waals surface area contributed by atoms with Gasteiger partial charge in [-0.2, -0.15) is 4.98 Å². The molecular formula is C13H24N4O. The van der Waals surface area contributed by atoms with Gasteiger partial charge < -0.3 is 15.4 Å². The van der Waals surface area contributed by atoms with Crippen molar-refractivity contribution in [3.05, 3.63) is 11.8 Å². The number of anilines is 2. The van der Waals surface area contributed by atoms with Gasteiger partial charge in [0.05, 0.1) is 6.61 Å². The third-order valence-electron chi connectivity index (χ3n) is 2.35. The van der Waals surface area contributed by atoms with Crippen molar-refractivity contribution in [1.82, 2.24) is 9.97 Å². The van der Waals surface area contributed by atoms with Crippen LogP contribution in [0, 0.1) is 6.92 Å². The summed E-state index contributed by atoms with van der Waals surface area (Å²) in [6.45, 7) is 10.5. The summed E-state index contributed by atoms with van der Waals surface area (Å²) in [5.41, 5.74) is 0.953. The molecule has 5 heteroatoms. The number of ether oxygens (including phenoxy) is 1. The van der Waals surface area contributed by atoms with Crippen molar-refractivity contribution in [2.45, 2.75) is 40.2 Å². The summed E-state index contributed by atoms with van der Waals surface area (Å²) < 4.78 is 5.37. The van der Waals surface area contributed by atoms with Crippen molar-refractivity contribution in [2.24, 2.45) is 0 Å². The van der Waals surface area contributed by atoms with Gasteiger partial charge in [0.1, 0.15) is 5.82 Å². The van der Waals surface area contributed by atoms with Crippen LogP contribution in [0.3, 0.4) is 0 Å². The predicted molar refractivity (Wildman–Crippen MR) is 75.1 cm³/mol. The van der Waals surface area contributed by atoms with Gasteiger partial charge in [-0.05, 0) is 27.2 Å². The Hall–Kier alpha value is -1.36. The van der Waals surface area contributed by atoms with Gasteiger partial charge in [0.25, 0.3) is 0 Å². The Bertz CT molecular complexity index is 357. The average Bonchev–Trinajstić information content (AvgIpc) is 2.33. The van der Waals surface area contributed by atoms with Crippen LogP contribution in [0.1, 0.15) is 32.9 Å². The maximum absolute atomic E-state index is 5.37. The van der Waals surface area contributed by atoms with Crippen LogP contribution < -0.4 is 10.6 Å². The minimum Gasteiger partial charge on any atom is -0.380 e. The number of aryl methyl sites for hydroxylation is 1. The van der Waals surface area contributed by atoms with Gasteiger partial charge in [-0.1, -0.05) is 6.92 Å². The largest absolute Gasteiger partial charge is 0.380 e. The second kappa shape index (κ2) is 7.87. The normalized spacial score (nSPS) is 12.2. The van der Waals surface area contributed by atoms with Crippen molar-refractivity contribution < 1.29 is 4.74 Å². The molecule has 0 spiro atoms. The van der Waals surface area contributed by atoms with E-state index in [0.29, 0.717) is 12.6 Å². The fourth-order valence-corrected chi connectivity index (χ4v) is 1.55. The van der Waals surface area contributed by atoms with Crippen LogP contribution in [0.15, 0.2) is 6.07 Å². The van der Waals surface area contributed by atoms with E-state index in [9.17, 15) is 0 Å². The SMILES string of the molecule is CCCNc1nc(C)cc(NC(C)COCC)n1. The van der Waals surface area contributed by atoms with Crippen molar-refractivity contribution in [1.29, 1.82) is 0 Å². The van der Waals surface area contributed by atoms with Crippen LogP contribution >= 0.6 is 0 Å². The van der Waals surface area contributed by atoms with Crippen molar-refractivity contribution in [3.63, 3.8) is 0 Å². The molecule has 1 rings (SSSR count). The minimum absolute atomic E-state index is 0.235. The highest BCUT2D eigenvalue weighted by Gasteiger charge is 2.05. The molecule has 1 atom stereocenters. The number of hydrogen-bond donors (Lipinski definition) is 2. The average molecular weight is 252 g/mol. The first-order valence-corrected chi connectivity index (χ1v) is 6.59. The standard InChI is InChI=1S/C13H24N4O/c1-5-7-14-13-16-10(3)8-12(17-13)15-11(4)9-18-6-2/h8,11H,5-7,9H2,1-4H3,(H2,14,15,16,17). The lowest BCUT2D eigenvalue weighted by Gasteiger charge is -2.15. The molecule has 18 heavy (non-hydrogen) atoms. The zero-order valence-corrected chi connectivity index (χ0v) is 11.8. The smallest absolute Gasteiger partial charge is 0.224 e. The van der Waals surface area contributed by atoms with Crippen molar-refractivity contribution in [2.75, 3.05) is 30.4 Å². The predicted octanol–water partition coefficient (Wildman–Crippen LogP) is 2.44. The Morgan fingerprint density at radius 2 is 2.11 bits per heavy atom. The molecule has 1 aromatic heterocycles. The number of hydrogen-bond acceptors (Lipinski definition) is 5. The first kappa shape index (κ1) is 14.7. The number of nitrogens with one attached hydrogen (secondary N) is 2. The highest BCUT2D eigenvalue weighted by atomic mass is 16.5. The van der Waals surface area contributed by atoms with Gasteiger partial charge in [-0.25, -0.2) is 4.98 Å². The molecule has 1 heterocycles. The number of rotatable bonds is 8. The molecule has 0 aliphatic carbocycles.